The summed E-state index contributed by atoms with van der Waals surface area (Å²) in [6.45, 7) is 4.24. The summed E-state index contributed by atoms with van der Waals surface area (Å²) in [6.07, 6.45) is 11.1. The number of esters is 2. The fraction of sp³-hybridized carbons (Fsp3) is 0.389. The SMILES string of the molecule is CCC/C=C1\OC(=O)C2=C1CC[C@H]1[C@H]3CC[C@]4(C(=C3c3cc(O)ccc3-c3ccccc3)C(=O)O/C4=C\CCC)[C@@H]21. The van der Waals surface area contributed by atoms with Crippen LogP contribution in [0.1, 0.15) is 70.8 Å². The second kappa shape index (κ2) is 9.90. The van der Waals surface area contributed by atoms with Crippen molar-refractivity contribution >= 4 is 17.5 Å². The van der Waals surface area contributed by atoms with Gasteiger partial charge in [-0.3, -0.25) is 0 Å². The monoisotopic (exact) mass is 548 g/mol. The van der Waals surface area contributed by atoms with Gasteiger partial charge in [0.15, 0.2) is 0 Å². The van der Waals surface area contributed by atoms with E-state index in [2.05, 4.69) is 38.1 Å². The first kappa shape index (κ1) is 26.1. The molecule has 210 valence electrons. The maximum Gasteiger partial charge on any atom is 0.340 e. The van der Waals surface area contributed by atoms with Gasteiger partial charge < -0.3 is 14.6 Å². The summed E-state index contributed by atoms with van der Waals surface area (Å²) < 4.78 is 12.1. The van der Waals surface area contributed by atoms with Crippen molar-refractivity contribution in [2.75, 3.05) is 0 Å². The van der Waals surface area contributed by atoms with Gasteiger partial charge in [-0.1, -0.05) is 63.1 Å². The molecule has 0 amide bonds. The number of carbonyl (C=O) groups is 2. The third kappa shape index (κ3) is 3.74. The Morgan fingerprint density at radius 3 is 2.46 bits per heavy atom. The van der Waals surface area contributed by atoms with Gasteiger partial charge in [-0.2, -0.15) is 0 Å². The average molecular weight is 549 g/mol. The standard InChI is InChI=1S/C36H36O5/c1-3-5-12-28-26-17-16-25-24-18-19-36(32(25)31(26)34(38)40-28)29(13-6-4-2)41-35(39)33(36)30(24)27-20-22(37)14-15-23(27)21-10-8-7-9-11-21/h7-15,20,24-25,32,37H,3-6,16-19H2,1-2H3/b28-12-,29-13-/t24-,25+,32-,36-/m1/s1. The Kier molecular flexibility index (Phi) is 6.29. The lowest BCUT2D eigenvalue weighted by Gasteiger charge is -2.56. The molecule has 1 spiro atoms. The molecule has 6 aliphatic rings. The van der Waals surface area contributed by atoms with E-state index in [1.807, 2.05) is 30.3 Å². The van der Waals surface area contributed by atoms with Gasteiger partial charge in [0.2, 0.25) is 0 Å². The first-order valence-corrected chi connectivity index (χ1v) is 15.2. The minimum Gasteiger partial charge on any atom is -0.508 e. The molecule has 2 aliphatic heterocycles. The largest absolute Gasteiger partial charge is 0.508 e. The molecule has 1 saturated heterocycles. The molecule has 41 heavy (non-hydrogen) atoms. The molecule has 1 saturated carbocycles. The highest BCUT2D eigenvalue weighted by molar-refractivity contribution is 6.07. The Morgan fingerprint density at radius 1 is 0.902 bits per heavy atom. The van der Waals surface area contributed by atoms with Gasteiger partial charge in [0, 0.05) is 17.1 Å². The van der Waals surface area contributed by atoms with E-state index in [1.54, 1.807) is 6.07 Å². The zero-order valence-electron chi connectivity index (χ0n) is 23.7. The molecule has 2 fully saturated rings. The van der Waals surface area contributed by atoms with Crippen molar-refractivity contribution in [3.8, 4) is 16.9 Å². The highest BCUT2D eigenvalue weighted by Gasteiger charge is 2.68. The minimum absolute atomic E-state index is 0.0738. The van der Waals surface area contributed by atoms with Crippen LogP contribution in [0.2, 0.25) is 0 Å². The molecule has 2 aromatic carbocycles. The predicted molar refractivity (Wildman–Crippen MR) is 157 cm³/mol. The third-order valence-corrected chi connectivity index (χ3v) is 9.96. The second-order valence-corrected chi connectivity index (χ2v) is 12.1. The zero-order valence-corrected chi connectivity index (χ0v) is 23.7. The Hall–Kier alpha value is -3.86. The molecule has 4 atom stereocenters. The van der Waals surface area contributed by atoms with Gasteiger partial charge in [0.05, 0.1) is 11.0 Å². The highest BCUT2D eigenvalue weighted by Crippen LogP contribution is 2.72. The van der Waals surface area contributed by atoms with Crippen LogP contribution in [-0.2, 0) is 19.1 Å². The van der Waals surface area contributed by atoms with Crippen LogP contribution in [0.25, 0.3) is 16.7 Å². The molecule has 0 radical (unpaired) electrons. The van der Waals surface area contributed by atoms with E-state index in [4.69, 9.17) is 9.47 Å². The van der Waals surface area contributed by atoms with Gasteiger partial charge in [0.25, 0.3) is 0 Å². The smallest absolute Gasteiger partial charge is 0.340 e. The lowest BCUT2D eigenvalue weighted by Crippen LogP contribution is -2.52. The minimum atomic E-state index is -0.708. The number of unbranched alkanes of at least 4 members (excludes halogenated alkanes) is 2. The van der Waals surface area contributed by atoms with Crippen molar-refractivity contribution in [3.05, 3.63) is 94.5 Å². The number of cyclic esters (lactones) is 2. The molecule has 2 heterocycles. The maximum atomic E-state index is 14.0. The van der Waals surface area contributed by atoms with Crippen molar-refractivity contribution in [2.24, 2.45) is 23.2 Å². The summed E-state index contributed by atoms with van der Waals surface area (Å²) in [5.74, 6) is 1.12. The van der Waals surface area contributed by atoms with Crippen molar-refractivity contribution in [3.63, 3.8) is 0 Å². The number of carbonyl (C=O) groups excluding carboxylic acids is 2. The van der Waals surface area contributed by atoms with Gasteiger partial charge in [-0.15, -0.1) is 0 Å². The Balaban J connectivity index is 1.50. The number of benzene rings is 2. The van der Waals surface area contributed by atoms with Gasteiger partial charge in [-0.25, -0.2) is 9.59 Å². The molecular formula is C36H36O5. The van der Waals surface area contributed by atoms with Gasteiger partial charge in [-0.05, 0) is 96.9 Å². The van der Waals surface area contributed by atoms with E-state index in [0.717, 1.165) is 90.5 Å². The molecule has 5 heteroatoms. The van der Waals surface area contributed by atoms with Gasteiger partial charge in [0.1, 0.15) is 17.3 Å². The normalized spacial score (nSPS) is 30.0. The number of hydrogen-bond acceptors (Lipinski definition) is 5. The summed E-state index contributed by atoms with van der Waals surface area (Å²) in [4.78, 5) is 27.6. The van der Waals surface area contributed by atoms with Crippen LogP contribution in [0.4, 0.5) is 0 Å². The maximum absolute atomic E-state index is 14.0. The van der Waals surface area contributed by atoms with Crippen LogP contribution in [0, 0.1) is 23.2 Å². The van der Waals surface area contributed by atoms with Crippen molar-refractivity contribution < 1.29 is 24.2 Å². The number of aromatic hydroxyl groups is 1. The van der Waals surface area contributed by atoms with E-state index >= 15 is 0 Å². The van der Waals surface area contributed by atoms with Crippen molar-refractivity contribution in [1.82, 2.24) is 0 Å². The molecule has 2 aromatic rings. The van der Waals surface area contributed by atoms with Crippen LogP contribution in [0.15, 0.2) is 88.9 Å². The van der Waals surface area contributed by atoms with Gasteiger partial charge >= 0.3 is 11.9 Å². The third-order valence-electron chi connectivity index (χ3n) is 9.96. The van der Waals surface area contributed by atoms with Crippen molar-refractivity contribution in [1.29, 1.82) is 0 Å². The Labute approximate surface area is 241 Å². The number of hydrogen-bond donors (Lipinski definition) is 1. The molecule has 4 aliphatic carbocycles. The lowest BCUT2D eigenvalue weighted by molar-refractivity contribution is -0.135. The zero-order chi connectivity index (χ0) is 28.3. The van der Waals surface area contributed by atoms with Crippen molar-refractivity contribution in [2.45, 2.75) is 65.2 Å². The van der Waals surface area contributed by atoms with Crippen LogP contribution in [0.3, 0.4) is 0 Å². The second-order valence-electron chi connectivity index (χ2n) is 12.1. The molecular weight excluding hydrogens is 512 g/mol. The summed E-state index contributed by atoms with van der Waals surface area (Å²) in [5.41, 5.74) is 5.69. The van der Waals surface area contributed by atoms with E-state index in [9.17, 15) is 14.7 Å². The highest BCUT2D eigenvalue weighted by atomic mass is 16.5. The molecule has 0 aromatic heterocycles. The van der Waals surface area contributed by atoms with E-state index in [1.165, 1.54) is 0 Å². The quantitative estimate of drug-likeness (QED) is 0.370. The van der Waals surface area contributed by atoms with E-state index in [-0.39, 0.29) is 35.4 Å². The van der Waals surface area contributed by atoms with E-state index < -0.39 is 5.41 Å². The molecule has 5 nitrogen and oxygen atoms in total. The number of phenols is 1. The fourth-order valence-electron chi connectivity index (χ4n) is 8.43. The molecule has 2 bridgehead atoms. The topological polar surface area (TPSA) is 72.8 Å². The predicted octanol–water partition coefficient (Wildman–Crippen LogP) is 8.03. The van der Waals surface area contributed by atoms with Crippen LogP contribution in [-0.4, -0.2) is 17.0 Å². The summed E-state index contributed by atoms with van der Waals surface area (Å²) >= 11 is 0. The number of phenolic OH excluding ortho intramolecular Hbond substituents is 1. The first-order valence-electron chi connectivity index (χ1n) is 15.2. The molecule has 0 unspecified atom stereocenters. The Morgan fingerprint density at radius 2 is 1.68 bits per heavy atom. The summed E-state index contributed by atoms with van der Waals surface area (Å²) in [5, 5.41) is 10.7. The van der Waals surface area contributed by atoms with Crippen LogP contribution < -0.4 is 0 Å². The number of allylic oxidation sites excluding steroid dienone is 5. The molecule has 1 N–H and O–H groups in total. The number of rotatable bonds is 6. The number of ether oxygens (including phenoxy) is 2. The van der Waals surface area contributed by atoms with Crippen LogP contribution in [0.5, 0.6) is 5.75 Å². The van der Waals surface area contributed by atoms with E-state index in [0.29, 0.717) is 11.3 Å². The lowest BCUT2D eigenvalue weighted by atomic mass is 9.44. The summed E-state index contributed by atoms with van der Waals surface area (Å²) in [7, 11) is 0. The average Bonchev–Trinajstić information content (AvgIpc) is 3.48. The van der Waals surface area contributed by atoms with Crippen LogP contribution >= 0.6 is 0 Å². The number of fused-ring (bicyclic) bond motifs is 1. The molecule has 8 rings (SSSR count). The Bertz CT molecular complexity index is 1570. The fourth-order valence-corrected chi connectivity index (χ4v) is 8.43. The summed E-state index contributed by atoms with van der Waals surface area (Å²) in [6, 6.07) is 15.6. The first-order chi connectivity index (χ1) is 20.0.